The number of amides is 1. The number of carbonyl (C=O) groups excluding carboxylic acids is 2. The van der Waals surface area contributed by atoms with Crippen LogP contribution in [-0.2, 0) is 24.7 Å². The summed E-state index contributed by atoms with van der Waals surface area (Å²) < 4.78 is 65.5. The van der Waals surface area contributed by atoms with Gasteiger partial charge in [-0.15, -0.1) is 0 Å². The van der Waals surface area contributed by atoms with Crippen molar-refractivity contribution in [2.75, 3.05) is 44.1 Å². The van der Waals surface area contributed by atoms with Crippen molar-refractivity contribution in [2.24, 2.45) is 5.92 Å². The van der Waals surface area contributed by atoms with Gasteiger partial charge in [0.25, 0.3) is 0 Å². The number of rotatable bonds is 11. The van der Waals surface area contributed by atoms with Crippen LogP contribution < -0.4 is 10.2 Å². The van der Waals surface area contributed by atoms with E-state index in [1.165, 1.54) is 66.5 Å². The van der Waals surface area contributed by atoms with Crippen LogP contribution in [-0.4, -0.2) is 83.2 Å². The zero-order valence-corrected chi connectivity index (χ0v) is 26.5. The summed E-state index contributed by atoms with van der Waals surface area (Å²) >= 11 is 0. The lowest BCUT2D eigenvalue weighted by Gasteiger charge is -2.53. The normalized spacial score (nSPS) is 20.8. The maximum Gasteiger partial charge on any atom is 0.214 e. The van der Waals surface area contributed by atoms with Crippen LogP contribution in [0.2, 0.25) is 0 Å². The molecule has 0 aliphatic carbocycles. The molecule has 1 fully saturated rings. The van der Waals surface area contributed by atoms with Gasteiger partial charge in [-0.05, 0) is 66.9 Å². The fourth-order valence-electron chi connectivity index (χ4n) is 6.02. The number of anilines is 1. The largest absolute Gasteiger partial charge is 0.508 e. The standard InChI is InChI=1S/C31H36FN3O7S2/c1-21-26(9-6-10-28(21)32)29-27(30(38)22-7-5-8-24(37)17-22)18-33-19-31(29,15-16-34(2)44(4,41)42)35(20-36)23-11-13-25(14-12-23)43(3,39)40/h5-14,17,20,27,29,33,37H,15-16,18-19H2,1-4H3/t27-,29-,31+/m0/s1. The van der Waals surface area contributed by atoms with Crippen molar-refractivity contribution in [1.82, 2.24) is 9.62 Å². The lowest BCUT2D eigenvalue weighted by Crippen LogP contribution is -2.66. The third kappa shape index (κ3) is 6.70. The molecule has 13 heteroatoms. The smallest absolute Gasteiger partial charge is 0.214 e. The Balaban J connectivity index is 1.99. The minimum absolute atomic E-state index is 0.0284. The predicted octanol–water partition coefficient (Wildman–Crippen LogP) is 3.11. The van der Waals surface area contributed by atoms with Crippen molar-refractivity contribution in [3.63, 3.8) is 0 Å². The number of benzene rings is 3. The molecule has 0 radical (unpaired) electrons. The van der Waals surface area contributed by atoms with Crippen molar-refractivity contribution in [2.45, 2.75) is 29.7 Å². The van der Waals surface area contributed by atoms with E-state index in [2.05, 4.69) is 5.32 Å². The molecule has 10 nitrogen and oxygen atoms in total. The van der Waals surface area contributed by atoms with E-state index in [9.17, 15) is 31.5 Å². The molecule has 3 atom stereocenters. The zero-order valence-electron chi connectivity index (χ0n) is 24.9. The highest BCUT2D eigenvalue weighted by molar-refractivity contribution is 7.90. The van der Waals surface area contributed by atoms with Crippen LogP contribution in [0.15, 0.2) is 71.6 Å². The van der Waals surface area contributed by atoms with Gasteiger partial charge in [0.05, 0.1) is 16.7 Å². The first kappa shape index (κ1) is 33.2. The Kier molecular flexibility index (Phi) is 9.64. The maximum atomic E-state index is 15.2. The van der Waals surface area contributed by atoms with Gasteiger partial charge in [0, 0.05) is 56.0 Å². The van der Waals surface area contributed by atoms with Crippen molar-refractivity contribution in [3.8, 4) is 5.75 Å². The van der Waals surface area contributed by atoms with E-state index in [-0.39, 0.29) is 53.6 Å². The fourth-order valence-corrected chi connectivity index (χ4v) is 7.08. The molecule has 1 aliphatic rings. The second-order valence-corrected chi connectivity index (χ2v) is 15.4. The van der Waals surface area contributed by atoms with Crippen molar-refractivity contribution < 1.29 is 35.9 Å². The molecular weight excluding hydrogens is 609 g/mol. The average Bonchev–Trinajstić information content (AvgIpc) is 2.96. The topological polar surface area (TPSA) is 141 Å². The molecule has 0 saturated carbocycles. The van der Waals surface area contributed by atoms with E-state index in [1.807, 2.05) is 0 Å². The molecule has 2 N–H and O–H groups in total. The summed E-state index contributed by atoms with van der Waals surface area (Å²) in [7, 11) is -5.78. The van der Waals surface area contributed by atoms with Gasteiger partial charge in [-0.2, -0.15) is 0 Å². The molecule has 1 saturated heterocycles. The summed E-state index contributed by atoms with van der Waals surface area (Å²) in [6.45, 7) is 1.78. The van der Waals surface area contributed by atoms with Crippen molar-refractivity contribution >= 4 is 37.7 Å². The van der Waals surface area contributed by atoms with Crippen LogP contribution in [0.3, 0.4) is 0 Å². The first-order valence-corrected chi connectivity index (χ1v) is 17.6. The van der Waals surface area contributed by atoms with Crippen LogP contribution in [0.5, 0.6) is 5.75 Å². The first-order valence-electron chi connectivity index (χ1n) is 13.8. The number of ketones is 1. The average molecular weight is 646 g/mol. The van der Waals surface area contributed by atoms with Gasteiger partial charge in [0.1, 0.15) is 11.6 Å². The molecule has 1 amide bonds. The molecule has 3 aromatic carbocycles. The summed E-state index contributed by atoms with van der Waals surface area (Å²) in [5.74, 6) is -2.73. The molecule has 0 aromatic heterocycles. The Morgan fingerprint density at radius 2 is 1.73 bits per heavy atom. The van der Waals surface area contributed by atoms with Crippen LogP contribution in [0, 0.1) is 18.7 Å². The zero-order chi connectivity index (χ0) is 32.4. The number of sulfone groups is 1. The minimum atomic E-state index is -3.64. The van der Waals surface area contributed by atoms with Gasteiger partial charge >= 0.3 is 0 Å². The third-order valence-electron chi connectivity index (χ3n) is 8.44. The minimum Gasteiger partial charge on any atom is -0.508 e. The number of hydrogen-bond donors (Lipinski definition) is 2. The number of aromatic hydroxyl groups is 1. The van der Waals surface area contributed by atoms with Gasteiger partial charge in [0.2, 0.25) is 16.4 Å². The summed E-state index contributed by atoms with van der Waals surface area (Å²) in [4.78, 5) is 28.7. The number of nitrogens with zero attached hydrogens (tertiary/aromatic N) is 2. The van der Waals surface area contributed by atoms with E-state index in [4.69, 9.17) is 0 Å². The van der Waals surface area contributed by atoms with Crippen LogP contribution in [0.25, 0.3) is 0 Å². The molecule has 4 rings (SSSR count). The van der Waals surface area contributed by atoms with Crippen molar-refractivity contribution in [1.29, 1.82) is 0 Å². The van der Waals surface area contributed by atoms with E-state index < -0.39 is 43.1 Å². The monoisotopic (exact) mass is 645 g/mol. The predicted molar refractivity (Wildman–Crippen MR) is 166 cm³/mol. The molecule has 0 spiro atoms. The van der Waals surface area contributed by atoms with E-state index >= 15 is 4.39 Å². The van der Waals surface area contributed by atoms with E-state index in [1.54, 1.807) is 19.1 Å². The SMILES string of the molecule is Cc1c(F)cccc1[C@H]1[C@@H](C(=O)c2cccc(O)c2)CNC[C@@]1(CCN(C)S(C)(=O)=O)N(C=O)c1ccc(S(C)(=O)=O)cc1. The molecular formula is C31H36FN3O7S2. The third-order valence-corrected chi connectivity index (χ3v) is 10.9. The number of hydrogen-bond acceptors (Lipinski definition) is 8. The second kappa shape index (κ2) is 12.8. The van der Waals surface area contributed by atoms with Gasteiger partial charge < -0.3 is 15.3 Å². The Morgan fingerprint density at radius 1 is 1.07 bits per heavy atom. The molecule has 3 aromatic rings. The number of sulfonamides is 1. The Morgan fingerprint density at radius 3 is 2.32 bits per heavy atom. The highest BCUT2D eigenvalue weighted by Gasteiger charge is 2.53. The van der Waals surface area contributed by atoms with Crippen LogP contribution >= 0.6 is 0 Å². The molecule has 44 heavy (non-hydrogen) atoms. The number of carbonyl (C=O) groups is 2. The van der Waals surface area contributed by atoms with Crippen molar-refractivity contribution in [3.05, 3.63) is 89.2 Å². The van der Waals surface area contributed by atoms with E-state index in [0.717, 1.165) is 16.8 Å². The molecule has 0 unspecified atom stereocenters. The lowest BCUT2D eigenvalue weighted by atomic mass is 9.64. The molecule has 1 heterocycles. The fraction of sp³-hybridized carbons (Fsp3) is 0.355. The number of piperidine rings is 1. The number of nitrogens with one attached hydrogen (secondary N) is 1. The quantitative estimate of drug-likeness (QED) is 0.240. The molecule has 1 aliphatic heterocycles. The summed E-state index contributed by atoms with van der Waals surface area (Å²) in [5, 5.41) is 13.4. The summed E-state index contributed by atoms with van der Waals surface area (Å²) in [6, 6.07) is 16.1. The van der Waals surface area contributed by atoms with Gasteiger partial charge in [-0.25, -0.2) is 25.5 Å². The van der Waals surface area contributed by atoms with Gasteiger partial charge in [-0.3, -0.25) is 9.59 Å². The highest BCUT2D eigenvalue weighted by atomic mass is 32.2. The highest BCUT2D eigenvalue weighted by Crippen LogP contribution is 2.47. The van der Waals surface area contributed by atoms with Crippen LogP contribution in [0.1, 0.15) is 33.8 Å². The summed E-state index contributed by atoms with van der Waals surface area (Å²) in [6.07, 6.45) is 2.72. The Hall–Kier alpha value is -3.65. The number of halogens is 1. The van der Waals surface area contributed by atoms with Crippen LogP contribution in [0.4, 0.5) is 10.1 Å². The Bertz CT molecular complexity index is 1760. The summed E-state index contributed by atoms with van der Waals surface area (Å²) in [5.41, 5.74) is -0.0871. The second-order valence-electron chi connectivity index (χ2n) is 11.3. The molecule has 236 valence electrons. The van der Waals surface area contributed by atoms with E-state index in [0.29, 0.717) is 17.7 Å². The maximum absolute atomic E-state index is 15.2. The first-order chi connectivity index (χ1) is 20.6. The van der Waals surface area contributed by atoms with Gasteiger partial charge in [-0.1, -0.05) is 24.3 Å². The number of phenolic OH excluding ortho intramolecular Hbond substituents is 1. The number of phenols is 1. The molecule has 0 bridgehead atoms. The Labute approximate surface area is 257 Å². The number of Topliss-reactive ketones (excluding diaryl/α,β-unsaturated/α-hetero) is 1. The lowest BCUT2D eigenvalue weighted by molar-refractivity contribution is -0.109. The van der Waals surface area contributed by atoms with Gasteiger partial charge in [0.15, 0.2) is 15.6 Å².